The van der Waals surface area contributed by atoms with Crippen molar-refractivity contribution in [1.29, 1.82) is 0 Å². The summed E-state index contributed by atoms with van der Waals surface area (Å²) in [6, 6.07) is 11.6. The summed E-state index contributed by atoms with van der Waals surface area (Å²) in [5.41, 5.74) is 1.60. The third kappa shape index (κ3) is 3.81. The molecular weight excluding hydrogens is 345 g/mol. The minimum Gasteiger partial charge on any atom is -0.323 e. The molecule has 2 aromatic rings. The van der Waals surface area contributed by atoms with E-state index in [2.05, 4.69) is 5.32 Å². The normalized spacial score (nSPS) is 13.6. The maximum absolute atomic E-state index is 13.9. The fraction of sp³-hybridized carbons (Fsp3) is 0.222. The lowest BCUT2D eigenvalue weighted by atomic mass is 10.1. The summed E-state index contributed by atoms with van der Waals surface area (Å²) >= 11 is 6.03. The van der Waals surface area contributed by atoms with Gasteiger partial charge in [0.1, 0.15) is 12.4 Å². The van der Waals surface area contributed by atoms with E-state index in [1.54, 1.807) is 42.3 Å². The molecule has 25 heavy (non-hydrogen) atoms. The largest absolute Gasteiger partial charge is 0.323 e. The van der Waals surface area contributed by atoms with Crippen LogP contribution in [0.2, 0.25) is 5.02 Å². The molecule has 2 amide bonds. The van der Waals surface area contributed by atoms with Gasteiger partial charge in [0.25, 0.3) is 0 Å². The zero-order valence-corrected chi connectivity index (χ0v) is 14.4. The number of likely N-dealkylation sites (N-methyl/N-ethyl adjacent to an activating group) is 1. The lowest BCUT2D eigenvalue weighted by Crippen LogP contribution is -2.46. The number of nitrogens with one attached hydrogen (secondary N) is 1. The molecule has 2 aromatic carbocycles. The van der Waals surface area contributed by atoms with Crippen LogP contribution >= 0.6 is 11.6 Å². The van der Waals surface area contributed by atoms with Crippen molar-refractivity contribution in [3.63, 3.8) is 0 Å². The summed E-state index contributed by atoms with van der Waals surface area (Å²) in [5.74, 6) is -0.890. The quantitative estimate of drug-likeness (QED) is 0.911. The van der Waals surface area contributed by atoms with E-state index >= 15 is 0 Å². The van der Waals surface area contributed by atoms with Gasteiger partial charge in [-0.3, -0.25) is 19.4 Å². The number of anilines is 2. The second-order valence-corrected chi connectivity index (χ2v) is 6.32. The molecule has 0 aromatic heterocycles. The lowest BCUT2D eigenvalue weighted by Gasteiger charge is -2.30. The minimum absolute atomic E-state index is 0.0340. The highest BCUT2D eigenvalue weighted by atomic mass is 35.5. The molecule has 1 aliphatic heterocycles. The average Bonchev–Trinajstić information content (AvgIpc) is 2.57. The third-order valence-electron chi connectivity index (χ3n) is 3.97. The van der Waals surface area contributed by atoms with E-state index in [-0.39, 0.29) is 31.4 Å². The Morgan fingerprint density at radius 1 is 1.28 bits per heavy atom. The van der Waals surface area contributed by atoms with Gasteiger partial charge in [0.05, 0.1) is 17.9 Å². The van der Waals surface area contributed by atoms with Crippen LogP contribution < -0.4 is 10.2 Å². The van der Waals surface area contributed by atoms with Gasteiger partial charge in [-0.25, -0.2) is 4.39 Å². The number of halogens is 2. The van der Waals surface area contributed by atoms with Crippen LogP contribution in [0.15, 0.2) is 42.5 Å². The number of hydrogen-bond donors (Lipinski definition) is 1. The number of hydrogen-bond acceptors (Lipinski definition) is 3. The van der Waals surface area contributed by atoms with Gasteiger partial charge in [0.15, 0.2) is 0 Å². The Morgan fingerprint density at radius 2 is 2.04 bits per heavy atom. The SMILES string of the molecule is CN(CC(=O)N1CC(=O)Nc2ccccc21)Cc1c(F)cccc1Cl. The molecule has 0 spiro atoms. The summed E-state index contributed by atoms with van der Waals surface area (Å²) in [6.45, 7) is 0.190. The molecule has 0 fully saturated rings. The smallest absolute Gasteiger partial charge is 0.244 e. The topological polar surface area (TPSA) is 52.7 Å². The highest BCUT2D eigenvalue weighted by molar-refractivity contribution is 6.31. The highest BCUT2D eigenvalue weighted by Gasteiger charge is 2.27. The number of carbonyl (C=O) groups excluding carboxylic acids is 2. The van der Waals surface area contributed by atoms with Gasteiger partial charge in [0, 0.05) is 17.1 Å². The molecule has 0 atom stereocenters. The first kappa shape index (κ1) is 17.4. The lowest BCUT2D eigenvalue weighted by molar-refractivity contribution is -0.122. The van der Waals surface area contributed by atoms with Crippen molar-refractivity contribution in [1.82, 2.24) is 4.90 Å². The number of carbonyl (C=O) groups is 2. The predicted molar refractivity (Wildman–Crippen MR) is 95.2 cm³/mol. The number of fused-ring (bicyclic) bond motifs is 1. The number of para-hydroxylation sites is 2. The molecule has 0 unspecified atom stereocenters. The minimum atomic E-state index is -0.408. The van der Waals surface area contributed by atoms with E-state index in [4.69, 9.17) is 11.6 Å². The van der Waals surface area contributed by atoms with E-state index in [0.717, 1.165) is 0 Å². The predicted octanol–water partition coefficient (Wildman–Crippen LogP) is 2.90. The van der Waals surface area contributed by atoms with Crippen molar-refractivity contribution >= 4 is 34.8 Å². The number of rotatable bonds is 4. The monoisotopic (exact) mass is 361 g/mol. The summed E-state index contributed by atoms with van der Waals surface area (Å²) in [5, 5.41) is 3.06. The first-order valence-corrected chi connectivity index (χ1v) is 8.14. The Bertz CT molecular complexity index is 807. The molecule has 0 saturated carbocycles. The highest BCUT2D eigenvalue weighted by Crippen LogP contribution is 2.29. The Kier molecular flexibility index (Phi) is 5.01. The summed E-state index contributed by atoms with van der Waals surface area (Å²) < 4.78 is 13.9. The molecule has 0 aliphatic carbocycles. The number of amides is 2. The molecule has 130 valence electrons. The fourth-order valence-corrected chi connectivity index (χ4v) is 3.00. The molecule has 0 bridgehead atoms. The molecule has 3 rings (SSSR count). The van der Waals surface area contributed by atoms with Crippen LogP contribution in [-0.4, -0.2) is 36.9 Å². The molecular formula is C18H17ClFN3O2. The van der Waals surface area contributed by atoms with Gasteiger partial charge in [0.2, 0.25) is 11.8 Å². The molecule has 0 radical (unpaired) electrons. The summed E-state index contributed by atoms with van der Waals surface area (Å²) in [6.07, 6.45) is 0. The van der Waals surface area contributed by atoms with Gasteiger partial charge in [-0.05, 0) is 31.3 Å². The molecule has 0 saturated heterocycles. The summed E-state index contributed by atoms with van der Waals surface area (Å²) in [7, 11) is 1.70. The van der Waals surface area contributed by atoms with Crippen molar-refractivity contribution in [3.8, 4) is 0 Å². The van der Waals surface area contributed by atoms with Crippen LogP contribution in [-0.2, 0) is 16.1 Å². The Hall–Kier alpha value is -2.44. The standard InChI is InChI=1S/C18H17ClFN3O2/c1-22(9-12-13(19)5-4-6-14(12)20)11-18(25)23-10-17(24)21-15-7-2-3-8-16(15)23/h2-8H,9-11H2,1H3,(H,21,24). The van der Waals surface area contributed by atoms with Crippen LogP contribution in [0, 0.1) is 5.82 Å². The van der Waals surface area contributed by atoms with Crippen LogP contribution in [0.5, 0.6) is 0 Å². The Morgan fingerprint density at radius 3 is 2.80 bits per heavy atom. The molecule has 7 heteroatoms. The van der Waals surface area contributed by atoms with Crippen LogP contribution in [0.1, 0.15) is 5.56 Å². The van der Waals surface area contributed by atoms with E-state index in [0.29, 0.717) is 22.0 Å². The van der Waals surface area contributed by atoms with Gasteiger partial charge < -0.3 is 5.32 Å². The molecule has 1 aliphatic rings. The van der Waals surface area contributed by atoms with Crippen molar-refractivity contribution < 1.29 is 14.0 Å². The molecule has 1 N–H and O–H groups in total. The molecule has 1 heterocycles. The number of nitrogens with zero attached hydrogens (tertiary/aromatic N) is 2. The van der Waals surface area contributed by atoms with Crippen molar-refractivity contribution in [2.24, 2.45) is 0 Å². The van der Waals surface area contributed by atoms with Gasteiger partial charge in [-0.15, -0.1) is 0 Å². The van der Waals surface area contributed by atoms with Gasteiger partial charge in [-0.2, -0.15) is 0 Å². The van der Waals surface area contributed by atoms with E-state index < -0.39 is 5.82 Å². The zero-order valence-electron chi connectivity index (χ0n) is 13.6. The van der Waals surface area contributed by atoms with Crippen molar-refractivity contribution in [2.75, 3.05) is 30.4 Å². The number of benzene rings is 2. The third-order valence-corrected chi connectivity index (χ3v) is 4.32. The Balaban J connectivity index is 1.73. The zero-order chi connectivity index (χ0) is 18.0. The maximum atomic E-state index is 13.9. The second-order valence-electron chi connectivity index (χ2n) is 5.92. The Labute approximate surface area is 150 Å². The van der Waals surface area contributed by atoms with Crippen LogP contribution in [0.25, 0.3) is 0 Å². The maximum Gasteiger partial charge on any atom is 0.244 e. The first-order valence-electron chi connectivity index (χ1n) is 7.76. The first-order chi connectivity index (χ1) is 12.0. The van der Waals surface area contributed by atoms with E-state index in [1.165, 1.54) is 17.0 Å². The van der Waals surface area contributed by atoms with E-state index in [1.807, 2.05) is 0 Å². The van der Waals surface area contributed by atoms with Crippen molar-refractivity contribution in [3.05, 3.63) is 58.9 Å². The second kappa shape index (κ2) is 7.21. The van der Waals surface area contributed by atoms with Crippen LogP contribution in [0.4, 0.5) is 15.8 Å². The molecule has 5 nitrogen and oxygen atoms in total. The van der Waals surface area contributed by atoms with Gasteiger partial charge >= 0.3 is 0 Å². The average molecular weight is 362 g/mol. The van der Waals surface area contributed by atoms with E-state index in [9.17, 15) is 14.0 Å². The van der Waals surface area contributed by atoms with Gasteiger partial charge in [-0.1, -0.05) is 29.8 Å². The van der Waals surface area contributed by atoms with Crippen molar-refractivity contribution in [2.45, 2.75) is 6.54 Å². The summed E-state index contributed by atoms with van der Waals surface area (Å²) in [4.78, 5) is 27.6. The van der Waals surface area contributed by atoms with Crippen LogP contribution in [0.3, 0.4) is 0 Å². The fourth-order valence-electron chi connectivity index (χ4n) is 2.78.